The van der Waals surface area contributed by atoms with Crippen LogP contribution in [-0.4, -0.2) is 47.7 Å². The van der Waals surface area contributed by atoms with Gasteiger partial charge in [0.25, 0.3) is 5.91 Å². The molecule has 0 radical (unpaired) electrons. The van der Waals surface area contributed by atoms with Crippen LogP contribution in [0.3, 0.4) is 0 Å². The first-order chi connectivity index (χ1) is 10.9. The van der Waals surface area contributed by atoms with Gasteiger partial charge < -0.3 is 19.5 Å². The summed E-state index contributed by atoms with van der Waals surface area (Å²) in [6.45, 7) is 4.24. The SMILES string of the molecule is COc1cccc(COC(C)C(=O)N2CCC(C(=O)O)C2C)c1. The molecule has 2 rings (SSSR count). The summed E-state index contributed by atoms with van der Waals surface area (Å²) in [5.74, 6) is -0.769. The van der Waals surface area contributed by atoms with Crippen LogP contribution in [0.5, 0.6) is 5.75 Å². The number of benzene rings is 1. The number of ether oxygens (including phenoxy) is 2. The minimum Gasteiger partial charge on any atom is -0.497 e. The van der Waals surface area contributed by atoms with Gasteiger partial charge in [-0.2, -0.15) is 0 Å². The molecular formula is C17H23NO5. The number of methoxy groups -OCH3 is 1. The van der Waals surface area contributed by atoms with E-state index in [2.05, 4.69) is 0 Å². The van der Waals surface area contributed by atoms with Crippen molar-refractivity contribution in [2.24, 2.45) is 5.92 Å². The average Bonchev–Trinajstić information content (AvgIpc) is 2.93. The first-order valence-electron chi connectivity index (χ1n) is 7.72. The van der Waals surface area contributed by atoms with E-state index in [0.717, 1.165) is 11.3 Å². The topological polar surface area (TPSA) is 76.1 Å². The van der Waals surface area contributed by atoms with Crippen molar-refractivity contribution in [1.29, 1.82) is 0 Å². The fourth-order valence-corrected chi connectivity index (χ4v) is 2.87. The number of aliphatic carboxylic acids is 1. The Hall–Kier alpha value is -2.08. The standard InChI is InChI=1S/C17H23NO5/c1-11-15(17(20)21)7-8-18(11)16(19)12(2)23-10-13-5-4-6-14(9-13)22-3/h4-6,9,11-12,15H,7-8,10H2,1-3H3,(H,20,21). The highest BCUT2D eigenvalue weighted by Gasteiger charge is 2.39. The molecule has 0 saturated carbocycles. The van der Waals surface area contributed by atoms with Crippen molar-refractivity contribution in [2.75, 3.05) is 13.7 Å². The Morgan fingerprint density at radius 3 is 2.78 bits per heavy atom. The molecule has 1 N–H and O–H groups in total. The summed E-state index contributed by atoms with van der Waals surface area (Å²) in [5, 5.41) is 9.14. The minimum atomic E-state index is -0.849. The van der Waals surface area contributed by atoms with Crippen LogP contribution in [0.15, 0.2) is 24.3 Å². The molecule has 1 fully saturated rings. The monoisotopic (exact) mass is 321 g/mol. The molecule has 23 heavy (non-hydrogen) atoms. The second kappa shape index (κ2) is 7.46. The highest BCUT2D eigenvalue weighted by atomic mass is 16.5. The maximum Gasteiger partial charge on any atom is 0.308 e. The van der Waals surface area contributed by atoms with E-state index >= 15 is 0 Å². The normalized spacial score (nSPS) is 22.0. The fraction of sp³-hybridized carbons (Fsp3) is 0.529. The number of carboxylic acid groups (broad SMARTS) is 1. The van der Waals surface area contributed by atoms with Gasteiger partial charge >= 0.3 is 5.97 Å². The van der Waals surface area contributed by atoms with Gasteiger partial charge in [-0.25, -0.2) is 0 Å². The maximum atomic E-state index is 12.5. The highest BCUT2D eigenvalue weighted by molar-refractivity contribution is 5.82. The van der Waals surface area contributed by atoms with Crippen LogP contribution in [-0.2, 0) is 20.9 Å². The van der Waals surface area contributed by atoms with Gasteiger partial charge in [0.15, 0.2) is 0 Å². The number of rotatable bonds is 6. The lowest BCUT2D eigenvalue weighted by Crippen LogP contribution is -2.43. The molecule has 0 bridgehead atoms. The van der Waals surface area contributed by atoms with Gasteiger partial charge in [-0.15, -0.1) is 0 Å². The lowest BCUT2D eigenvalue weighted by molar-refractivity contribution is -0.146. The summed E-state index contributed by atoms with van der Waals surface area (Å²) in [6, 6.07) is 7.16. The Morgan fingerprint density at radius 2 is 2.17 bits per heavy atom. The third-order valence-electron chi connectivity index (χ3n) is 4.34. The molecule has 1 aliphatic heterocycles. The van der Waals surface area contributed by atoms with Crippen molar-refractivity contribution in [3.8, 4) is 5.75 Å². The van der Waals surface area contributed by atoms with E-state index in [-0.39, 0.29) is 11.9 Å². The van der Waals surface area contributed by atoms with Crippen molar-refractivity contribution >= 4 is 11.9 Å². The second-order valence-corrected chi connectivity index (χ2v) is 5.81. The molecule has 3 unspecified atom stereocenters. The Kier molecular flexibility index (Phi) is 5.60. The first-order valence-corrected chi connectivity index (χ1v) is 7.72. The number of likely N-dealkylation sites (tertiary alicyclic amines) is 1. The third-order valence-corrected chi connectivity index (χ3v) is 4.34. The van der Waals surface area contributed by atoms with Gasteiger partial charge in [0.05, 0.1) is 19.6 Å². The average molecular weight is 321 g/mol. The molecule has 0 spiro atoms. The van der Waals surface area contributed by atoms with Crippen LogP contribution >= 0.6 is 0 Å². The number of amides is 1. The minimum absolute atomic E-state index is 0.163. The Balaban J connectivity index is 1.91. The van der Waals surface area contributed by atoms with Gasteiger partial charge in [-0.05, 0) is 38.0 Å². The number of nitrogens with zero attached hydrogens (tertiary/aromatic N) is 1. The van der Waals surface area contributed by atoms with Crippen molar-refractivity contribution in [3.05, 3.63) is 29.8 Å². The largest absolute Gasteiger partial charge is 0.497 e. The van der Waals surface area contributed by atoms with Crippen molar-refractivity contribution in [1.82, 2.24) is 4.90 Å². The number of carboxylic acids is 1. The molecule has 0 aliphatic carbocycles. The summed E-state index contributed by atoms with van der Waals surface area (Å²) in [6.07, 6.45) is -0.124. The molecule has 1 amide bonds. The zero-order valence-electron chi connectivity index (χ0n) is 13.7. The number of hydrogen-bond donors (Lipinski definition) is 1. The van der Waals surface area contributed by atoms with E-state index in [1.807, 2.05) is 24.3 Å². The summed E-state index contributed by atoms with van der Waals surface area (Å²) in [5.41, 5.74) is 0.918. The molecule has 1 aromatic rings. The van der Waals surface area contributed by atoms with Crippen molar-refractivity contribution < 1.29 is 24.2 Å². The van der Waals surface area contributed by atoms with E-state index in [9.17, 15) is 9.59 Å². The van der Waals surface area contributed by atoms with Crippen molar-refractivity contribution in [3.63, 3.8) is 0 Å². The predicted molar refractivity (Wildman–Crippen MR) is 84.2 cm³/mol. The molecule has 6 heteroatoms. The van der Waals surface area contributed by atoms with Crippen molar-refractivity contribution in [2.45, 2.75) is 39.0 Å². The lowest BCUT2D eigenvalue weighted by atomic mass is 10.0. The Labute approximate surface area is 136 Å². The molecule has 1 heterocycles. The molecule has 3 atom stereocenters. The molecular weight excluding hydrogens is 298 g/mol. The van der Waals surface area contributed by atoms with E-state index < -0.39 is 18.0 Å². The summed E-state index contributed by atoms with van der Waals surface area (Å²) in [4.78, 5) is 25.2. The van der Waals surface area contributed by atoms with Gasteiger partial charge in [0, 0.05) is 12.6 Å². The van der Waals surface area contributed by atoms with Crippen LogP contribution < -0.4 is 4.74 Å². The van der Waals surface area contributed by atoms with E-state index in [1.165, 1.54) is 0 Å². The summed E-state index contributed by atoms with van der Waals surface area (Å²) >= 11 is 0. The molecule has 1 aliphatic rings. The van der Waals surface area contributed by atoms with Crippen LogP contribution in [0.4, 0.5) is 0 Å². The Morgan fingerprint density at radius 1 is 1.43 bits per heavy atom. The Bertz CT molecular complexity index is 574. The number of carbonyl (C=O) groups is 2. The molecule has 1 saturated heterocycles. The van der Waals surface area contributed by atoms with E-state index in [4.69, 9.17) is 14.6 Å². The maximum absolute atomic E-state index is 12.5. The van der Waals surface area contributed by atoms with Gasteiger partial charge in [-0.1, -0.05) is 12.1 Å². The zero-order chi connectivity index (χ0) is 17.0. The highest BCUT2D eigenvalue weighted by Crippen LogP contribution is 2.25. The third kappa shape index (κ3) is 4.01. The van der Waals surface area contributed by atoms with Crippen LogP contribution in [0.2, 0.25) is 0 Å². The molecule has 0 aromatic heterocycles. The lowest BCUT2D eigenvalue weighted by Gasteiger charge is -2.26. The van der Waals surface area contributed by atoms with E-state index in [1.54, 1.807) is 25.9 Å². The zero-order valence-corrected chi connectivity index (χ0v) is 13.7. The van der Waals surface area contributed by atoms with Crippen LogP contribution in [0, 0.1) is 5.92 Å². The van der Waals surface area contributed by atoms with Gasteiger partial charge in [-0.3, -0.25) is 9.59 Å². The summed E-state index contributed by atoms with van der Waals surface area (Å²) in [7, 11) is 1.60. The van der Waals surface area contributed by atoms with Crippen LogP contribution in [0.25, 0.3) is 0 Å². The second-order valence-electron chi connectivity index (χ2n) is 5.81. The molecule has 1 aromatic carbocycles. The van der Waals surface area contributed by atoms with Crippen LogP contribution in [0.1, 0.15) is 25.8 Å². The fourth-order valence-electron chi connectivity index (χ4n) is 2.87. The number of hydrogen-bond acceptors (Lipinski definition) is 4. The smallest absolute Gasteiger partial charge is 0.308 e. The van der Waals surface area contributed by atoms with Gasteiger partial charge in [0.2, 0.25) is 0 Å². The summed E-state index contributed by atoms with van der Waals surface area (Å²) < 4.78 is 10.8. The predicted octanol–water partition coefficient (Wildman–Crippen LogP) is 1.92. The quantitative estimate of drug-likeness (QED) is 0.866. The van der Waals surface area contributed by atoms with Gasteiger partial charge in [0.1, 0.15) is 11.9 Å². The van der Waals surface area contributed by atoms with E-state index in [0.29, 0.717) is 19.6 Å². The molecule has 126 valence electrons. The first kappa shape index (κ1) is 17.3. The molecule has 6 nitrogen and oxygen atoms in total. The number of carbonyl (C=O) groups excluding carboxylic acids is 1.